The van der Waals surface area contributed by atoms with Crippen LogP contribution < -0.4 is 16.9 Å². The normalized spacial score (nSPS) is 10.4. The van der Waals surface area contributed by atoms with Crippen molar-refractivity contribution in [2.45, 2.75) is 27.2 Å². The Labute approximate surface area is 483 Å². The van der Waals surface area contributed by atoms with Crippen LogP contribution in [0.1, 0.15) is 79.8 Å². The highest BCUT2D eigenvalue weighted by atomic mass is 35.5. The number of ketones is 4. The Balaban J connectivity index is 0.000000174. The topological polar surface area (TPSA) is 203 Å². The van der Waals surface area contributed by atoms with E-state index in [0.717, 1.165) is 39.3 Å². The number of rotatable bonds is 12. The molecule has 0 fully saturated rings. The molecule has 0 unspecified atom stereocenters. The number of anilines is 1. The Morgan fingerprint density at radius 2 is 1.07 bits per heavy atom. The van der Waals surface area contributed by atoms with E-state index in [1.165, 1.54) is 31.3 Å². The molecular weight excluding hydrogens is 1110 g/mol. The number of carbonyl (C=O) groups is 6. The molecule has 12 nitrogen and oxygen atoms in total. The Kier molecular flexibility index (Phi) is 22.7. The summed E-state index contributed by atoms with van der Waals surface area (Å²) in [5.41, 5.74) is 12.6. The SMILES string of the molecule is CC(=O)c1c(-c2ccccc2)c2cc(Cl)ccc2[nH]c1=O.CCOC(=O)CC(C)=O.Nc1ccc(Cl)cc1C(=O)c1ccccc1.O=C(/C=C/c1ccsc1)c1c(-c2ccccc2)c2cc(Cl)ccc2[nH]c1=O.O=Cc1ccsc1. The molecule has 0 aliphatic rings. The summed E-state index contributed by atoms with van der Waals surface area (Å²) in [6.07, 6.45) is 3.90. The number of Topliss-reactive ketones (excluding diaryl/α,β-unsaturated/α-hetero) is 2. The number of halogens is 3. The molecular formula is C63H50Cl3N3O9S2. The van der Waals surface area contributed by atoms with E-state index in [9.17, 15) is 38.4 Å². The van der Waals surface area contributed by atoms with Crippen molar-refractivity contribution in [1.82, 2.24) is 9.97 Å². The van der Waals surface area contributed by atoms with Gasteiger partial charge in [0.2, 0.25) is 0 Å². The van der Waals surface area contributed by atoms with Crippen LogP contribution in [0.3, 0.4) is 0 Å². The summed E-state index contributed by atoms with van der Waals surface area (Å²) >= 11 is 21.2. The van der Waals surface area contributed by atoms with Crippen LogP contribution in [-0.4, -0.2) is 52.0 Å². The Morgan fingerprint density at radius 1 is 0.600 bits per heavy atom. The van der Waals surface area contributed by atoms with Gasteiger partial charge < -0.3 is 20.4 Å². The van der Waals surface area contributed by atoms with Crippen LogP contribution in [0.2, 0.25) is 15.1 Å². The number of allylic oxidation sites excluding steroid dienone is 1. The predicted molar refractivity (Wildman–Crippen MR) is 325 cm³/mol. The molecule has 0 aliphatic heterocycles. The van der Waals surface area contributed by atoms with Crippen molar-refractivity contribution in [2.75, 3.05) is 12.3 Å². The average Bonchev–Trinajstić information content (AvgIpc) is 4.21. The summed E-state index contributed by atoms with van der Waals surface area (Å²) in [5.74, 6) is -1.32. The van der Waals surface area contributed by atoms with Crippen molar-refractivity contribution in [2.24, 2.45) is 0 Å². The molecule has 0 amide bonds. The number of nitrogens with two attached hydrogens (primary N) is 1. The van der Waals surface area contributed by atoms with E-state index in [2.05, 4.69) is 14.7 Å². The van der Waals surface area contributed by atoms with Gasteiger partial charge in [0.15, 0.2) is 23.6 Å². The molecule has 17 heteroatoms. The molecule has 10 rings (SSSR count). The van der Waals surface area contributed by atoms with E-state index in [1.54, 1.807) is 97.1 Å². The third-order valence-corrected chi connectivity index (χ3v) is 13.4. The lowest BCUT2D eigenvalue weighted by Gasteiger charge is -2.11. The first-order valence-electron chi connectivity index (χ1n) is 24.3. The zero-order chi connectivity index (χ0) is 57.7. The number of esters is 1. The van der Waals surface area contributed by atoms with Gasteiger partial charge in [-0.1, -0.05) is 132 Å². The number of H-pyrrole nitrogens is 2. The maximum atomic E-state index is 12.9. The maximum Gasteiger partial charge on any atom is 0.313 e. The minimum atomic E-state index is -0.440. The maximum absolute atomic E-state index is 12.9. The molecule has 0 saturated carbocycles. The highest BCUT2D eigenvalue weighted by molar-refractivity contribution is 7.08. The van der Waals surface area contributed by atoms with Gasteiger partial charge in [0, 0.05) is 75.8 Å². The van der Waals surface area contributed by atoms with Crippen molar-refractivity contribution in [3.63, 3.8) is 0 Å². The van der Waals surface area contributed by atoms with E-state index >= 15 is 0 Å². The molecule has 4 N–H and O–H groups in total. The molecule has 0 spiro atoms. The average molecular weight is 1160 g/mol. The molecule has 10 aromatic rings. The van der Waals surface area contributed by atoms with E-state index < -0.39 is 11.5 Å². The molecule has 0 bridgehead atoms. The first-order chi connectivity index (χ1) is 38.5. The fraction of sp³-hybridized carbons (Fsp3) is 0.0794. The van der Waals surface area contributed by atoms with Crippen LogP contribution in [0.4, 0.5) is 5.69 Å². The number of hydrogen-bond donors (Lipinski definition) is 3. The number of ether oxygens (including phenoxy) is 1. The van der Waals surface area contributed by atoms with Gasteiger partial charge in [-0.25, -0.2) is 0 Å². The zero-order valence-electron chi connectivity index (χ0n) is 43.2. The first kappa shape index (κ1) is 60.6. The lowest BCUT2D eigenvalue weighted by atomic mass is 9.94. The van der Waals surface area contributed by atoms with Crippen LogP contribution in [0.5, 0.6) is 0 Å². The monoisotopic (exact) mass is 1160 g/mol. The summed E-state index contributed by atoms with van der Waals surface area (Å²) < 4.78 is 4.49. The molecule has 0 radical (unpaired) electrons. The minimum absolute atomic E-state index is 0.103. The quantitative estimate of drug-likeness (QED) is 0.0264. The van der Waals surface area contributed by atoms with E-state index in [4.69, 9.17) is 40.5 Å². The highest BCUT2D eigenvalue weighted by Crippen LogP contribution is 2.33. The molecule has 4 aromatic heterocycles. The highest BCUT2D eigenvalue weighted by Gasteiger charge is 2.21. The molecule has 0 aliphatic carbocycles. The number of aromatic amines is 2. The van der Waals surface area contributed by atoms with E-state index in [-0.39, 0.29) is 46.2 Å². The Bertz CT molecular complexity index is 3940. The Hall–Kier alpha value is -8.63. The number of pyridine rings is 2. The second-order valence-electron chi connectivity index (χ2n) is 17.1. The largest absolute Gasteiger partial charge is 0.466 e. The minimum Gasteiger partial charge on any atom is -0.466 e. The van der Waals surface area contributed by atoms with Crippen molar-refractivity contribution in [3.8, 4) is 22.3 Å². The Morgan fingerprint density at radius 3 is 1.54 bits per heavy atom. The smallest absolute Gasteiger partial charge is 0.313 e. The molecule has 6 aromatic carbocycles. The van der Waals surface area contributed by atoms with Crippen LogP contribution in [0, 0.1) is 0 Å². The van der Waals surface area contributed by atoms with E-state index in [1.807, 2.05) is 106 Å². The molecule has 80 heavy (non-hydrogen) atoms. The zero-order valence-corrected chi connectivity index (χ0v) is 47.1. The number of benzene rings is 6. The van der Waals surface area contributed by atoms with Gasteiger partial charge >= 0.3 is 5.97 Å². The van der Waals surface area contributed by atoms with Gasteiger partial charge in [-0.3, -0.25) is 38.4 Å². The fourth-order valence-corrected chi connectivity index (χ4v) is 9.51. The van der Waals surface area contributed by atoms with Gasteiger partial charge in [-0.05, 0) is 126 Å². The first-order valence-corrected chi connectivity index (χ1v) is 27.4. The second kappa shape index (κ2) is 29.9. The molecule has 404 valence electrons. The second-order valence-corrected chi connectivity index (χ2v) is 20.0. The van der Waals surface area contributed by atoms with Crippen molar-refractivity contribution in [1.29, 1.82) is 0 Å². The summed E-state index contributed by atoms with van der Waals surface area (Å²) in [4.78, 5) is 98.0. The lowest BCUT2D eigenvalue weighted by Crippen LogP contribution is -2.18. The van der Waals surface area contributed by atoms with Gasteiger partial charge in [0.1, 0.15) is 12.2 Å². The number of thiophene rings is 2. The number of aldehydes is 1. The van der Waals surface area contributed by atoms with Crippen molar-refractivity contribution >= 4 is 126 Å². The number of aromatic nitrogens is 2. The van der Waals surface area contributed by atoms with Gasteiger partial charge in [-0.2, -0.15) is 22.7 Å². The van der Waals surface area contributed by atoms with Gasteiger partial charge in [0.05, 0.1) is 17.7 Å². The third kappa shape index (κ3) is 16.9. The van der Waals surface area contributed by atoms with Crippen molar-refractivity contribution in [3.05, 3.63) is 254 Å². The number of nitrogens with one attached hydrogen (secondary N) is 2. The van der Waals surface area contributed by atoms with Crippen LogP contribution >= 0.6 is 57.5 Å². The van der Waals surface area contributed by atoms with Crippen LogP contribution in [-0.2, 0) is 14.3 Å². The number of nitrogen functional groups attached to an aromatic ring is 1. The van der Waals surface area contributed by atoms with Crippen molar-refractivity contribution < 1.29 is 33.5 Å². The lowest BCUT2D eigenvalue weighted by molar-refractivity contribution is -0.145. The number of fused-ring (bicyclic) bond motifs is 2. The van der Waals surface area contributed by atoms with Gasteiger partial charge in [-0.15, -0.1) is 0 Å². The summed E-state index contributed by atoms with van der Waals surface area (Å²) in [6, 6.07) is 46.8. The summed E-state index contributed by atoms with van der Waals surface area (Å²) in [7, 11) is 0. The standard InChI is InChI=1S/C22H14ClNO2S.C17H12ClNO2.C13H10ClNO.C6H10O3.C5H4OS/c23-16-7-8-18-17(12-16)20(15-4-2-1-3-5-15)21(22(26)24-18)19(25)9-6-14-10-11-27-13-14;1-10(20)15-16(11-5-3-2-4-6-11)13-9-12(18)7-8-14(13)19-17(15)21;14-10-6-7-12(15)11(8-10)13(16)9-4-2-1-3-5-9;1-3-9-6(8)4-5(2)7;6-3-5-1-2-7-4-5/h1-13H,(H,24,26);2-9H,1H3,(H,19,21);1-8H,15H2;3-4H2,1-2H3;1-4H/b9-6+;;;;. The van der Waals surface area contributed by atoms with Gasteiger partial charge in [0.25, 0.3) is 11.1 Å². The predicted octanol–water partition coefficient (Wildman–Crippen LogP) is 15.1. The molecule has 4 heterocycles. The number of hydrogen-bond acceptors (Lipinski definition) is 12. The molecule has 0 saturated heterocycles. The fourth-order valence-electron chi connectivity index (χ4n) is 7.76. The third-order valence-electron chi connectivity index (χ3n) is 11.3. The summed E-state index contributed by atoms with van der Waals surface area (Å²) in [5, 5.41) is 10.7. The number of carbonyl (C=O) groups excluding carboxylic acids is 6. The molecule has 0 atom stereocenters. The van der Waals surface area contributed by atoms with Crippen LogP contribution in [0.15, 0.2) is 195 Å². The van der Waals surface area contributed by atoms with Crippen LogP contribution in [0.25, 0.3) is 50.1 Å². The van der Waals surface area contributed by atoms with E-state index in [0.29, 0.717) is 60.6 Å². The summed E-state index contributed by atoms with van der Waals surface area (Å²) in [6.45, 7) is 4.80.